The lowest BCUT2D eigenvalue weighted by Crippen LogP contribution is -1.94. The van der Waals surface area contributed by atoms with Gasteiger partial charge in [0.15, 0.2) is 5.78 Å². The second-order valence-electron chi connectivity index (χ2n) is 2.52. The summed E-state index contributed by atoms with van der Waals surface area (Å²) in [5.41, 5.74) is 1.42. The molecule has 0 radical (unpaired) electrons. The highest BCUT2D eigenvalue weighted by atomic mass is 16.1. The van der Waals surface area contributed by atoms with Gasteiger partial charge in [0.1, 0.15) is 6.33 Å². The van der Waals surface area contributed by atoms with Crippen LogP contribution in [0.3, 0.4) is 0 Å². The maximum absolute atomic E-state index is 11.1. The van der Waals surface area contributed by atoms with Crippen LogP contribution in [0, 0.1) is 0 Å². The predicted octanol–water partition coefficient (Wildman–Crippen LogP) is 0.932. The van der Waals surface area contributed by atoms with Crippen molar-refractivity contribution in [3.05, 3.63) is 30.4 Å². The molecule has 0 fully saturated rings. The quantitative estimate of drug-likeness (QED) is 0.584. The van der Waals surface area contributed by atoms with Crippen molar-refractivity contribution in [1.29, 1.82) is 0 Å². The Kier molecular flexibility index (Phi) is 1.40. The highest BCUT2D eigenvalue weighted by molar-refractivity contribution is 6.00. The van der Waals surface area contributed by atoms with Crippen molar-refractivity contribution in [3.8, 4) is 0 Å². The summed E-state index contributed by atoms with van der Waals surface area (Å²) in [4.78, 5) is 14.9. The molecule has 0 aromatic carbocycles. The van der Waals surface area contributed by atoms with Crippen molar-refractivity contribution in [2.75, 3.05) is 0 Å². The van der Waals surface area contributed by atoms with E-state index in [1.54, 1.807) is 23.0 Å². The molecule has 2 aromatic heterocycles. The number of rotatable bonds is 1. The average Bonchev–Trinajstić information content (AvgIpc) is 2.47. The van der Waals surface area contributed by atoms with Gasteiger partial charge in [-0.3, -0.25) is 4.79 Å². The van der Waals surface area contributed by atoms with Gasteiger partial charge in [0.2, 0.25) is 0 Å². The first kappa shape index (κ1) is 6.97. The summed E-state index contributed by atoms with van der Waals surface area (Å²) in [5.74, 6) is 0.0345. The van der Waals surface area contributed by atoms with E-state index in [2.05, 4.69) is 10.1 Å². The Morgan fingerprint density at radius 1 is 1.58 bits per heavy atom. The van der Waals surface area contributed by atoms with Crippen LogP contribution in [0.15, 0.2) is 24.8 Å². The van der Waals surface area contributed by atoms with Gasteiger partial charge in [-0.05, 0) is 13.0 Å². The number of nitrogens with zero attached hydrogens (tertiary/aromatic N) is 3. The van der Waals surface area contributed by atoms with Crippen LogP contribution in [-0.2, 0) is 0 Å². The second-order valence-corrected chi connectivity index (χ2v) is 2.52. The average molecular weight is 161 g/mol. The van der Waals surface area contributed by atoms with Crippen LogP contribution in [0.4, 0.5) is 0 Å². The molecular formula is C8H7N3O. The molecule has 0 unspecified atom stereocenters. The molecule has 2 rings (SSSR count). The van der Waals surface area contributed by atoms with E-state index in [-0.39, 0.29) is 5.78 Å². The van der Waals surface area contributed by atoms with E-state index >= 15 is 0 Å². The fourth-order valence-corrected chi connectivity index (χ4v) is 1.15. The number of carbonyl (C=O) groups excluding carboxylic acids is 1. The summed E-state index contributed by atoms with van der Waals surface area (Å²) >= 11 is 0. The molecule has 4 nitrogen and oxygen atoms in total. The molecule has 0 aliphatic carbocycles. The van der Waals surface area contributed by atoms with Crippen LogP contribution >= 0.6 is 0 Å². The molecule has 0 amide bonds. The Bertz CT molecular complexity index is 433. The van der Waals surface area contributed by atoms with E-state index in [9.17, 15) is 4.79 Å². The summed E-state index contributed by atoms with van der Waals surface area (Å²) in [7, 11) is 0. The maximum Gasteiger partial charge on any atom is 0.162 e. The van der Waals surface area contributed by atoms with Gasteiger partial charge in [-0.25, -0.2) is 9.50 Å². The first-order chi connectivity index (χ1) is 5.79. The third-order valence-electron chi connectivity index (χ3n) is 1.72. The van der Waals surface area contributed by atoms with Gasteiger partial charge in [-0.1, -0.05) is 0 Å². The lowest BCUT2D eigenvalue weighted by Gasteiger charge is -1.92. The predicted molar refractivity (Wildman–Crippen MR) is 43.0 cm³/mol. The minimum Gasteiger partial charge on any atom is -0.294 e. The number of Topliss-reactive ketones (excluding diaryl/α,β-unsaturated/α-hetero) is 1. The second kappa shape index (κ2) is 2.41. The standard InChI is InChI=1S/C8H7N3O/c1-6(12)7-2-3-11-8(7)4-9-5-10-11/h2-5H,1H3. The zero-order chi connectivity index (χ0) is 8.55. The molecule has 0 saturated heterocycles. The van der Waals surface area contributed by atoms with E-state index in [4.69, 9.17) is 0 Å². The van der Waals surface area contributed by atoms with Crippen LogP contribution in [-0.4, -0.2) is 20.4 Å². The highest BCUT2D eigenvalue weighted by Crippen LogP contribution is 2.09. The number of aromatic nitrogens is 3. The number of hydrogen-bond donors (Lipinski definition) is 0. The minimum atomic E-state index is 0.0345. The van der Waals surface area contributed by atoms with Gasteiger partial charge in [0.25, 0.3) is 0 Å². The van der Waals surface area contributed by atoms with Gasteiger partial charge in [0.05, 0.1) is 11.7 Å². The summed E-state index contributed by atoms with van der Waals surface area (Å²) in [6.45, 7) is 1.53. The van der Waals surface area contributed by atoms with Crippen LogP contribution in [0.1, 0.15) is 17.3 Å². The first-order valence-corrected chi connectivity index (χ1v) is 3.57. The number of carbonyl (C=O) groups is 1. The number of fused-ring (bicyclic) bond motifs is 1. The smallest absolute Gasteiger partial charge is 0.162 e. The van der Waals surface area contributed by atoms with E-state index in [0.717, 1.165) is 5.52 Å². The maximum atomic E-state index is 11.1. The van der Waals surface area contributed by atoms with Gasteiger partial charge >= 0.3 is 0 Å². The molecule has 2 heterocycles. The zero-order valence-corrected chi connectivity index (χ0v) is 6.56. The molecule has 12 heavy (non-hydrogen) atoms. The van der Waals surface area contributed by atoms with Crippen molar-refractivity contribution < 1.29 is 4.79 Å². The van der Waals surface area contributed by atoms with E-state index in [0.29, 0.717) is 5.56 Å². The Hall–Kier alpha value is -1.71. The van der Waals surface area contributed by atoms with Crippen molar-refractivity contribution in [1.82, 2.24) is 14.6 Å². The SMILES string of the molecule is CC(=O)c1ccn2ncncc12. The summed E-state index contributed by atoms with van der Waals surface area (Å²) in [6, 6.07) is 1.74. The highest BCUT2D eigenvalue weighted by Gasteiger charge is 2.05. The van der Waals surface area contributed by atoms with Crippen LogP contribution in [0.5, 0.6) is 0 Å². The van der Waals surface area contributed by atoms with Gasteiger partial charge in [-0.15, -0.1) is 0 Å². The largest absolute Gasteiger partial charge is 0.294 e. The summed E-state index contributed by atoms with van der Waals surface area (Å²) in [5, 5.41) is 3.94. The molecule has 60 valence electrons. The lowest BCUT2D eigenvalue weighted by molar-refractivity contribution is 0.101. The van der Waals surface area contributed by atoms with Gasteiger partial charge in [0, 0.05) is 11.8 Å². The Balaban J connectivity index is 2.79. The summed E-state index contributed by atoms with van der Waals surface area (Å²) in [6.07, 6.45) is 4.81. The Morgan fingerprint density at radius 2 is 2.42 bits per heavy atom. The fraction of sp³-hybridized carbons (Fsp3) is 0.125. The molecular weight excluding hydrogens is 154 g/mol. The molecule has 0 N–H and O–H groups in total. The molecule has 0 spiro atoms. The Morgan fingerprint density at radius 3 is 3.17 bits per heavy atom. The van der Waals surface area contributed by atoms with Crippen molar-refractivity contribution >= 4 is 11.3 Å². The van der Waals surface area contributed by atoms with Crippen LogP contribution in [0.25, 0.3) is 5.52 Å². The number of ketones is 1. The van der Waals surface area contributed by atoms with E-state index in [1.807, 2.05) is 0 Å². The molecule has 2 aromatic rings. The lowest BCUT2D eigenvalue weighted by atomic mass is 10.2. The zero-order valence-electron chi connectivity index (χ0n) is 6.56. The van der Waals surface area contributed by atoms with Gasteiger partial charge in [-0.2, -0.15) is 5.10 Å². The third-order valence-corrected chi connectivity index (χ3v) is 1.72. The molecule has 0 bridgehead atoms. The Labute approximate surface area is 68.8 Å². The topological polar surface area (TPSA) is 47.3 Å². The molecule has 0 atom stereocenters. The van der Waals surface area contributed by atoms with Gasteiger partial charge < -0.3 is 0 Å². The molecule has 4 heteroatoms. The normalized spacial score (nSPS) is 10.4. The first-order valence-electron chi connectivity index (χ1n) is 3.57. The monoisotopic (exact) mass is 161 g/mol. The van der Waals surface area contributed by atoms with E-state index in [1.165, 1.54) is 13.3 Å². The van der Waals surface area contributed by atoms with Crippen molar-refractivity contribution in [2.45, 2.75) is 6.92 Å². The number of hydrogen-bond acceptors (Lipinski definition) is 3. The summed E-state index contributed by atoms with van der Waals surface area (Å²) < 4.78 is 1.63. The minimum absolute atomic E-state index is 0.0345. The van der Waals surface area contributed by atoms with Crippen LogP contribution in [0.2, 0.25) is 0 Å². The molecule has 0 aliphatic heterocycles. The van der Waals surface area contributed by atoms with Crippen molar-refractivity contribution in [2.24, 2.45) is 0 Å². The third kappa shape index (κ3) is 0.887. The van der Waals surface area contributed by atoms with Crippen LogP contribution < -0.4 is 0 Å². The molecule has 0 saturated carbocycles. The van der Waals surface area contributed by atoms with Crippen molar-refractivity contribution in [3.63, 3.8) is 0 Å². The van der Waals surface area contributed by atoms with E-state index < -0.39 is 0 Å². The molecule has 0 aliphatic rings. The fourth-order valence-electron chi connectivity index (χ4n) is 1.15.